The van der Waals surface area contributed by atoms with Crippen LogP contribution in [0.5, 0.6) is 0 Å². The fourth-order valence-corrected chi connectivity index (χ4v) is 1.61. The number of hydrogen-bond acceptors (Lipinski definition) is 3. The predicted octanol–water partition coefficient (Wildman–Crippen LogP) is 2.27. The van der Waals surface area contributed by atoms with Gasteiger partial charge in [0.2, 0.25) is 0 Å². The molecule has 0 bridgehead atoms. The van der Waals surface area contributed by atoms with Gasteiger partial charge in [0.25, 0.3) is 0 Å². The Bertz CT molecular complexity index is 369. The van der Waals surface area contributed by atoms with Gasteiger partial charge in [0, 0.05) is 6.42 Å². The summed E-state index contributed by atoms with van der Waals surface area (Å²) in [7, 11) is 0. The third-order valence-corrected chi connectivity index (χ3v) is 2.37. The Labute approximate surface area is 79.1 Å². The monoisotopic (exact) mass is 194 g/mol. The van der Waals surface area contributed by atoms with E-state index >= 15 is 0 Å². The van der Waals surface area contributed by atoms with Crippen molar-refractivity contribution in [1.82, 2.24) is 10.2 Å². The van der Waals surface area contributed by atoms with Crippen LogP contribution in [0.15, 0.2) is 29.8 Å². The van der Waals surface area contributed by atoms with E-state index in [1.807, 2.05) is 0 Å². The molecule has 1 aromatic heterocycles. The third-order valence-electron chi connectivity index (χ3n) is 1.67. The van der Waals surface area contributed by atoms with Crippen molar-refractivity contribution in [3.63, 3.8) is 0 Å². The Morgan fingerprint density at radius 2 is 2.00 bits per heavy atom. The van der Waals surface area contributed by atoms with Crippen LogP contribution in [-0.2, 0) is 6.42 Å². The van der Waals surface area contributed by atoms with Crippen molar-refractivity contribution in [2.75, 3.05) is 0 Å². The van der Waals surface area contributed by atoms with Crippen molar-refractivity contribution in [3.8, 4) is 0 Å². The third kappa shape index (κ3) is 2.09. The molecule has 4 heteroatoms. The minimum absolute atomic E-state index is 0.207. The number of aromatic nitrogens is 2. The van der Waals surface area contributed by atoms with Crippen LogP contribution in [0.4, 0.5) is 4.39 Å². The molecule has 2 nitrogen and oxygen atoms in total. The standard InChI is InChI=1S/C9H7FN2S/c10-8-3-1-7(2-4-8)5-9-12-11-6-13-9/h1-4,6H,5H2. The van der Waals surface area contributed by atoms with Crippen LogP contribution in [0.3, 0.4) is 0 Å². The fourth-order valence-electron chi connectivity index (χ4n) is 1.05. The molecule has 13 heavy (non-hydrogen) atoms. The minimum atomic E-state index is -0.207. The first-order valence-electron chi connectivity index (χ1n) is 3.84. The Kier molecular flexibility index (Phi) is 2.31. The van der Waals surface area contributed by atoms with Gasteiger partial charge in [-0.3, -0.25) is 0 Å². The highest BCUT2D eigenvalue weighted by Gasteiger charge is 1.99. The summed E-state index contributed by atoms with van der Waals surface area (Å²) in [5.74, 6) is -0.207. The van der Waals surface area contributed by atoms with Crippen LogP contribution >= 0.6 is 11.3 Å². The number of nitrogens with zero attached hydrogens (tertiary/aromatic N) is 2. The molecule has 0 unspecified atom stereocenters. The van der Waals surface area contributed by atoms with Crippen molar-refractivity contribution in [2.24, 2.45) is 0 Å². The molecule has 0 spiro atoms. The van der Waals surface area contributed by atoms with Gasteiger partial charge in [-0.2, -0.15) is 0 Å². The van der Waals surface area contributed by atoms with Crippen LogP contribution in [-0.4, -0.2) is 10.2 Å². The Hall–Kier alpha value is -1.29. The summed E-state index contributed by atoms with van der Waals surface area (Å²) in [4.78, 5) is 0. The molecule has 2 aromatic rings. The van der Waals surface area contributed by atoms with E-state index < -0.39 is 0 Å². The largest absolute Gasteiger partial charge is 0.207 e. The van der Waals surface area contributed by atoms with Gasteiger partial charge >= 0.3 is 0 Å². The van der Waals surface area contributed by atoms with E-state index in [4.69, 9.17) is 0 Å². The number of halogens is 1. The van der Waals surface area contributed by atoms with E-state index in [2.05, 4.69) is 10.2 Å². The molecule has 0 fully saturated rings. The molecule has 0 amide bonds. The van der Waals surface area contributed by atoms with Crippen molar-refractivity contribution in [1.29, 1.82) is 0 Å². The molecule has 0 aliphatic carbocycles. The Balaban J connectivity index is 2.15. The quantitative estimate of drug-likeness (QED) is 0.732. The summed E-state index contributed by atoms with van der Waals surface area (Å²) in [5.41, 5.74) is 2.75. The van der Waals surface area contributed by atoms with Gasteiger partial charge in [0.15, 0.2) is 0 Å². The summed E-state index contributed by atoms with van der Waals surface area (Å²) >= 11 is 1.51. The molecule has 0 atom stereocenters. The smallest absolute Gasteiger partial charge is 0.123 e. The maximum absolute atomic E-state index is 12.5. The molecular weight excluding hydrogens is 187 g/mol. The lowest BCUT2D eigenvalue weighted by molar-refractivity contribution is 0.627. The van der Waals surface area contributed by atoms with Crippen molar-refractivity contribution in [3.05, 3.63) is 46.2 Å². The van der Waals surface area contributed by atoms with Crippen molar-refractivity contribution in [2.45, 2.75) is 6.42 Å². The lowest BCUT2D eigenvalue weighted by Gasteiger charge is -1.95. The second kappa shape index (κ2) is 3.62. The fraction of sp³-hybridized carbons (Fsp3) is 0.111. The number of rotatable bonds is 2. The van der Waals surface area contributed by atoms with E-state index in [1.54, 1.807) is 17.6 Å². The first-order valence-corrected chi connectivity index (χ1v) is 4.72. The van der Waals surface area contributed by atoms with Gasteiger partial charge < -0.3 is 0 Å². The highest BCUT2D eigenvalue weighted by Crippen LogP contribution is 2.10. The summed E-state index contributed by atoms with van der Waals surface area (Å²) in [6.45, 7) is 0. The highest BCUT2D eigenvalue weighted by molar-refractivity contribution is 7.09. The van der Waals surface area contributed by atoms with Gasteiger partial charge in [0.05, 0.1) is 0 Å². The topological polar surface area (TPSA) is 25.8 Å². The highest BCUT2D eigenvalue weighted by atomic mass is 32.1. The van der Waals surface area contributed by atoms with E-state index in [0.717, 1.165) is 17.0 Å². The van der Waals surface area contributed by atoms with E-state index in [-0.39, 0.29) is 5.82 Å². The van der Waals surface area contributed by atoms with Gasteiger partial charge in [-0.05, 0) is 17.7 Å². The molecule has 1 aromatic carbocycles. The normalized spacial score (nSPS) is 10.2. The van der Waals surface area contributed by atoms with Crippen LogP contribution in [0.25, 0.3) is 0 Å². The molecule has 0 saturated carbocycles. The molecule has 0 saturated heterocycles. The number of hydrogen-bond donors (Lipinski definition) is 0. The van der Waals surface area contributed by atoms with Crippen LogP contribution in [0.2, 0.25) is 0 Å². The van der Waals surface area contributed by atoms with Crippen molar-refractivity contribution >= 4 is 11.3 Å². The van der Waals surface area contributed by atoms with E-state index in [1.165, 1.54) is 23.5 Å². The van der Waals surface area contributed by atoms with Crippen LogP contribution in [0.1, 0.15) is 10.6 Å². The maximum Gasteiger partial charge on any atom is 0.123 e. The Morgan fingerprint density at radius 1 is 1.23 bits per heavy atom. The number of benzene rings is 1. The second-order valence-corrected chi connectivity index (χ2v) is 3.55. The van der Waals surface area contributed by atoms with E-state index in [0.29, 0.717) is 0 Å². The maximum atomic E-state index is 12.5. The molecule has 66 valence electrons. The van der Waals surface area contributed by atoms with Gasteiger partial charge in [-0.1, -0.05) is 12.1 Å². The van der Waals surface area contributed by atoms with Crippen LogP contribution in [0, 0.1) is 5.82 Å². The molecule has 0 N–H and O–H groups in total. The summed E-state index contributed by atoms with van der Waals surface area (Å²) in [6, 6.07) is 6.43. The van der Waals surface area contributed by atoms with Gasteiger partial charge in [0.1, 0.15) is 16.3 Å². The summed E-state index contributed by atoms with van der Waals surface area (Å²) < 4.78 is 12.5. The lowest BCUT2D eigenvalue weighted by Crippen LogP contribution is -1.87. The average molecular weight is 194 g/mol. The molecule has 0 radical (unpaired) electrons. The first kappa shape index (κ1) is 8.31. The zero-order chi connectivity index (χ0) is 9.10. The summed E-state index contributed by atoms with van der Waals surface area (Å²) in [5, 5.41) is 8.59. The Morgan fingerprint density at radius 3 is 2.62 bits per heavy atom. The SMILES string of the molecule is Fc1ccc(Cc2nncs2)cc1. The first-order chi connectivity index (χ1) is 6.34. The van der Waals surface area contributed by atoms with Crippen molar-refractivity contribution < 1.29 is 4.39 Å². The molecule has 1 heterocycles. The zero-order valence-corrected chi connectivity index (χ0v) is 7.59. The lowest BCUT2D eigenvalue weighted by atomic mass is 10.2. The molecule has 0 aliphatic rings. The zero-order valence-electron chi connectivity index (χ0n) is 6.77. The minimum Gasteiger partial charge on any atom is -0.207 e. The predicted molar refractivity (Wildman–Crippen MR) is 49.1 cm³/mol. The molecule has 2 rings (SSSR count). The summed E-state index contributed by atoms with van der Waals surface area (Å²) in [6.07, 6.45) is 0.727. The van der Waals surface area contributed by atoms with Gasteiger partial charge in [-0.15, -0.1) is 21.5 Å². The average Bonchev–Trinajstić information content (AvgIpc) is 2.62. The van der Waals surface area contributed by atoms with Crippen LogP contribution < -0.4 is 0 Å². The second-order valence-electron chi connectivity index (χ2n) is 2.64. The molecule has 0 aliphatic heterocycles. The van der Waals surface area contributed by atoms with Gasteiger partial charge in [-0.25, -0.2) is 4.39 Å². The molecular formula is C9H7FN2S. The van der Waals surface area contributed by atoms with E-state index in [9.17, 15) is 4.39 Å².